The van der Waals surface area contributed by atoms with Gasteiger partial charge in [-0.3, -0.25) is 0 Å². The highest BCUT2D eigenvalue weighted by Crippen LogP contribution is 2.54. The molecule has 0 N–H and O–H groups in total. The van der Waals surface area contributed by atoms with Gasteiger partial charge in [-0.05, 0) is 70.4 Å². The van der Waals surface area contributed by atoms with Gasteiger partial charge in [-0.15, -0.1) is 0 Å². The van der Waals surface area contributed by atoms with Crippen LogP contribution in [0.1, 0.15) is 0 Å². The highest BCUT2D eigenvalue weighted by atomic mass is 32.2. The lowest BCUT2D eigenvalue weighted by Crippen LogP contribution is -2.60. The molecule has 5 heteroatoms. The van der Waals surface area contributed by atoms with Crippen LogP contribution in [-0.4, -0.2) is 11.4 Å². The van der Waals surface area contributed by atoms with E-state index in [2.05, 4.69) is 149 Å². The molecule has 2 nitrogen and oxygen atoms in total. The first-order valence-corrected chi connectivity index (χ1v) is 17.0. The number of hydrogen-bond donors (Lipinski definition) is 0. The molecular formula is C40H23BN2S2. The Balaban J connectivity index is 1.33. The summed E-state index contributed by atoms with van der Waals surface area (Å²) in [6.45, 7) is 0.0293. The summed E-state index contributed by atoms with van der Waals surface area (Å²) in [7, 11) is 0. The highest BCUT2D eigenvalue weighted by Gasteiger charge is 2.44. The lowest BCUT2D eigenvalue weighted by atomic mass is 9.43. The molecule has 0 saturated carbocycles. The summed E-state index contributed by atoms with van der Waals surface area (Å²) >= 11 is 3.79. The number of aromatic nitrogens is 1. The Morgan fingerprint density at radius 2 is 1.20 bits per heavy atom. The lowest BCUT2D eigenvalue weighted by molar-refractivity contribution is 1.15. The van der Waals surface area contributed by atoms with E-state index in [0.29, 0.717) is 0 Å². The van der Waals surface area contributed by atoms with E-state index in [1.807, 2.05) is 23.5 Å². The third-order valence-electron chi connectivity index (χ3n) is 9.77. The molecule has 0 radical (unpaired) electrons. The molecule has 0 amide bonds. The molecule has 8 aromatic rings. The van der Waals surface area contributed by atoms with Crippen molar-refractivity contribution in [1.82, 2.24) is 4.57 Å². The van der Waals surface area contributed by atoms with Crippen molar-refractivity contribution in [3.05, 3.63) is 140 Å². The molecule has 3 aliphatic heterocycles. The third-order valence-corrected chi connectivity index (χ3v) is 12.3. The van der Waals surface area contributed by atoms with Crippen LogP contribution in [0, 0.1) is 0 Å². The minimum absolute atomic E-state index is 0.0293. The zero-order valence-electron chi connectivity index (χ0n) is 24.1. The van der Waals surface area contributed by atoms with Crippen molar-refractivity contribution in [2.45, 2.75) is 19.6 Å². The minimum Gasteiger partial charge on any atom is -0.376 e. The summed E-state index contributed by atoms with van der Waals surface area (Å²) in [5.41, 5.74) is 11.8. The first-order chi connectivity index (χ1) is 22.3. The van der Waals surface area contributed by atoms with Crippen molar-refractivity contribution in [3.63, 3.8) is 0 Å². The van der Waals surface area contributed by atoms with E-state index in [-0.39, 0.29) is 6.85 Å². The molecule has 1 aromatic heterocycles. The fourth-order valence-corrected chi connectivity index (χ4v) is 10.3. The summed E-state index contributed by atoms with van der Waals surface area (Å²) in [5, 5.41) is 5.20. The monoisotopic (exact) mass is 606 g/mol. The van der Waals surface area contributed by atoms with Crippen LogP contribution < -0.4 is 15.7 Å². The van der Waals surface area contributed by atoms with Crippen molar-refractivity contribution in [3.8, 4) is 16.8 Å². The number of hydrogen-bond acceptors (Lipinski definition) is 3. The predicted molar refractivity (Wildman–Crippen MR) is 192 cm³/mol. The van der Waals surface area contributed by atoms with Gasteiger partial charge in [0.15, 0.2) is 0 Å². The van der Waals surface area contributed by atoms with Gasteiger partial charge in [0.2, 0.25) is 0 Å². The molecule has 45 heavy (non-hydrogen) atoms. The van der Waals surface area contributed by atoms with Gasteiger partial charge in [-0.25, -0.2) is 0 Å². The zero-order valence-corrected chi connectivity index (χ0v) is 25.7. The van der Waals surface area contributed by atoms with Gasteiger partial charge in [0.25, 0.3) is 0 Å². The fraction of sp³-hybridized carbons (Fsp3) is 0. The van der Waals surface area contributed by atoms with Crippen molar-refractivity contribution in [2.24, 2.45) is 0 Å². The maximum absolute atomic E-state index is 2.62. The molecule has 0 bridgehead atoms. The van der Waals surface area contributed by atoms with Crippen LogP contribution >= 0.6 is 23.5 Å². The fourth-order valence-electron chi connectivity index (χ4n) is 8.00. The Hall–Kier alpha value is -4.84. The Morgan fingerprint density at radius 1 is 0.511 bits per heavy atom. The second-order valence-corrected chi connectivity index (χ2v) is 14.2. The predicted octanol–water partition coefficient (Wildman–Crippen LogP) is 9.79. The third kappa shape index (κ3) is 3.19. The topological polar surface area (TPSA) is 8.17 Å². The van der Waals surface area contributed by atoms with Gasteiger partial charge in [-0.1, -0.05) is 115 Å². The Morgan fingerprint density at radius 3 is 2.04 bits per heavy atom. The largest absolute Gasteiger partial charge is 0.376 e. The number of benzene rings is 7. The second-order valence-electron chi connectivity index (χ2n) is 12.1. The maximum atomic E-state index is 2.62. The first-order valence-electron chi connectivity index (χ1n) is 15.4. The smallest absolute Gasteiger partial charge is 0.333 e. The molecule has 0 fully saturated rings. The number of rotatable bonds is 1. The molecule has 11 rings (SSSR count). The Labute approximate surface area is 269 Å². The summed E-state index contributed by atoms with van der Waals surface area (Å²) in [4.78, 5) is 7.94. The van der Waals surface area contributed by atoms with Crippen molar-refractivity contribution >= 4 is 85.3 Å². The van der Waals surface area contributed by atoms with Gasteiger partial charge in [0.1, 0.15) is 0 Å². The molecule has 7 aromatic carbocycles. The standard InChI is InChI=1S/C40H23BN2S2/c1-2-12-25(13-3-1)43-33-23-37-36(44-34-19-8-9-20-35(34)45-37)22-29(33)30-21-24-11-4-5-14-26(24)40-38(30)41(43)31-17-10-16-28-27-15-6-7-18-32(27)42(40)39(28)31/h1-23H. The molecule has 0 aliphatic carbocycles. The normalized spacial score (nSPS) is 14.0. The van der Waals surface area contributed by atoms with Crippen LogP contribution in [0.2, 0.25) is 0 Å². The van der Waals surface area contributed by atoms with Crippen LogP contribution in [-0.2, 0) is 0 Å². The molecule has 0 atom stereocenters. The molecule has 0 unspecified atom stereocenters. The van der Waals surface area contributed by atoms with E-state index in [1.165, 1.54) is 91.3 Å². The highest BCUT2D eigenvalue weighted by molar-refractivity contribution is 8.05. The number of para-hydroxylation sites is 3. The van der Waals surface area contributed by atoms with E-state index < -0.39 is 0 Å². The van der Waals surface area contributed by atoms with E-state index >= 15 is 0 Å². The summed E-state index contributed by atoms with van der Waals surface area (Å²) in [6.07, 6.45) is 0. The average molecular weight is 607 g/mol. The Bertz CT molecular complexity index is 2570. The SMILES string of the molecule is c1ccc(N2B3c4c(cc5ccccc5c4-n4c5ccccc5c5cccc3c54)-c3cc4c(cc32)Sc2ccccc2S4)cc1. The van der Waals surface area contributed by atoms with Crippen LogP contribution in [0.4, 0.5) is 11.4 Å². The molecule has 0 saturated heterocycles. The van der Waals surface area contributed by atoms with Crippen LogP contribution in [0.15, 0.2) is 159 Å². The molecular weight excluding hydrogens is 583 g/mol. The minimum atomic E-state index is 0.0293. The van der Waals surface area contributed by atoms with Gasteiger partial charge in [-0.2, -0.15) is 0 Å². The average Bonchev–Trinajstić information content (AvgIpc) is 3.43. The van der Waals surface area contributed by atoms with Crippen LogP contribution in [0.25, 0.3) is 49.4 Å². The maximum Gasteiger partial charge on any atom is 0.333 e. The molecule has 0 spiro atoms. The van der Waals surface area contributed by atoms with Crippen molar-refractivity contribution in [1.29, 1.82) is 0 Å². The van der Waals surface area contributed by atoms with Gasteiger partial charge >= 0.3 is 6.85 Å². The van der Waals surface area contributed by atoms with E-state index in [9.17, 15) is 0 Å². The van der Waals surface area contributed by atoms with Crippen LogP contribution in [0.3, 0.4) is 0 Å². The van der Waals surface area contributed by atoms with Gasteiger partial charge in [0.05, 0.1) is 16.7 Å². The first kappa shape index (κ1) is 24.5. The number of fused-ring (bicyclic) bond motifs is 11. The van der Waals surface area contributed by atoms with E-state index in [1.54, 1.807) is 0 Å². The summed E-state index contributed by atoms with van der Waals surface area (Å²) in [6, 6.07) is 52.0. The van der Waals surface area contributed by atoms with E-state index in [4.69, 9.17) is 0 Å². The van der Waals surface area contributed by atoms with Crippen LogP contribution in [0.5, 0.6) is 0 Å². The van der Waals surface area contributed by atoms with Gasteiger partial charge < -0.3 is 9.38 Å². The summed E-state index contributed by atoms with van der Waals surface area (Å²) in [5.74, 6) is 0. The molecule has 3 aliphatic rings. The molecule has 4 heterocycles. The second kappa shape index (κ2) is 8.88. The van der Waals surface area contributed by atoms with Crippen molar-refractivity contribution in [2.75, 3.05) is 4.81 Å². The zero-order chi connectivity index (χ0) is 29.2. The van der Waals surface area contributed by atoms with Gasteiger partial charge in [0, 0.05) is 52.7 Å². The number of nitrogens with zero attached hydrogens (tertiary/aromatic N) is 2. The van der Waals surface area contributed by atoms with E-state index in [0.717, 1.165) is 0 Å². The Kier molecular flexibility index (Phi) is 4.83. The van der Waals surface area contributed by atoms with Crippen molar-refractivity contribution < 1.29 is 0 Å². The lowest BCUT2D eigenvalue weighted by Gasteiger charge is -2.43. The quantitative estimate of drug-likeness (QED) is 0.172. The molecule has 208 valence electrons. The number of anilines is 2. The summed E-state index contributed by atoms with van der Waals surface area (Å²) < 4.78 is 2.57.